The number of thiazole rings is 1. The third kappa shape index (κ3) is 4.24. The predicted octanol–water partition coefficient (Wildman–Crippen LogP) is 3.92. The summed E-state index contributed by atoms with van der Waals surface area (Å²) < 4.78 is 89.6. The van der Waals surface area contributed by atoms with Crippen molar-refractivity contribution in [2.24, 2.45) is 0 Å². The Kier molecular flexibility index (Phi) is 5.20. The summed E-state index contributed by atoms with van der Waals surface area (Å²) in [7, 11) is -6.08. The monoisotopic (exact) mass is 408 g/mol. The lowest BCUT2D eigenvalue weighted by molar-refractivity contribution is -0.0500. The van der Waals surface area contributed by atoms with E-state index in [9.17, 15) is 30.4 Å². The van der Waals surface area contributed by atoms with Gasteiger partial charge in [0, 0.05) is 23.2 Å². The fraction of sp³-hybridized carbons (Fsp3) is 0.182. The van der Waals surface area contributed by atoms with Crippen molar-refractivity contribution in [3.8, 4) is 5.75 Å². The van der Waals surface area contributed by atoms with Gasteiger partial charge in [0.05, 0.1) is 12.2 Å². The summed E-state index contributed by atoms with van der Waals surface area (Å²) in [5.74, 6) is -4.05. The van der Waals surface area contributed by atoms with Gasteiger partial charge in [-0.25, -0.2) is 13.8 Å². The average Bonchev–Trinajstić information content (AvgIpc) is 2.85. The first kappa shape index (κ1) is 18.7. The van der Waals surface area contributed by atoms with Crippen LogP contribution in [0.2, 0.25) is 4.47 Å². The van der Waals surface area contributed by atoms with Crippen molar-refractivity contribution in [3.05, 3.63) is 39.3 Å². The number of anilines is 1. The van der Waals surface area contributed by atoms with Crippen LogP contribution in [-0.4, -0.2) is 18.9 Å². The zero-order chi connectivity index (χ0) is 18.1. The molecule has 2 aromatic rings. The number of nitrogens with one attached hydrogen (secondary N) is 1. The van der Waals surface area contributed by atoms with E-state index in [1.807, 2.05) is 0 Å². The first-order valence-corrected chi connectivity index (χ1v) is 8.44. The molecule has 0 saturated heterocycles. The van der Waals surface area contributed by atoms with Crippen LogP contribution < -0.4 is 9.50 Å². The van der Waals surface area contributed by atoms with Crippen molar-refractivity contribution in [1.29, 1.82) is 0 Å². The number of nitrogens with zero attached hydrogens (tertiary/aromatic N) is 1. The van der Waals surface area contributed by atoms with Crippen molar-refractivity contribution >= 4 is 38.7 Å². The Bertz CT molecular complexity index is 854. The number of hydrogen-bond donors (Lipinski definition) is 1. The summed E-state index contributed by atoms with van der Waals surface area (Å²) in [4.78, 5) is 4.27. The smallest absolute Gasteiger partial charge is 0.378 e. The molecule has 0 radical (unpaired) electrons. The molecule has 0 saturated carbocycles. The largest absolute Gasteiger partial charge is 0.534 e. The van der Waals surface area contributed by atoms with Crippen molar-refractivity contribution in [3.63, 3.8) is 0 Å². The molecule has 1 aromatic carbocycles. The summed E-state index contributed by atoms with van der Waals surface area (Å²) >= 11 is 6.65. The van der Waals surface area contributed by atoms with Crippen LogP contribution in [0.3, 0.4) is 0 Å². The molecule has 13 heteroatoms. The van der Waals surface area contributed by atoms with Gasteiger partial charge in [-0.3, -0.25) is 0 Å². The molecule has 1 aromatic heterocycles. The van der Waals surface area contributed by atoms with Crippen molar-refractivity contribution < 1.29 is 34.6 Å². The van der Waals surface area contributed by atoms with E-state index in [-0.39, 0.29) is 17.1 Å². The van der Waals surface area contributed by atoms with Crippen molar-refractivity contribution in [1.82, 2.24) is 4.98 Å². The Morgan fingerprint density at radius 3 is 2.46 bits per heavy atom. The summed E-state index contributed by atoms with van der Waals surface area (Å²) in [6, 6.07) is 0.666. The van der Waals surface area contributed by atoms with Gasteiger partial charge in [0.25, 0.3) is 0 Å². The van der Waals surface area contributed by atoms with Gasteiger partial charge in [0.15, 0.2) is 16.0 Å². The second-order valence-corrected chi connectivity index (χ2v) is 7.41. The van der Waals surface area contributed by atoms with Crippen LogP contribution in [-0.2, 0) is 16.7 Å². The minimum Gasteiger partial charge on any atom is -0.378 e. The van der Waals surface area contributed by atoms with E-state index in [2.05, 4.69) is 14.5 Å². The molecule has 0 spiro atoms. The lowest BCUT2D eigenvalue weighted by Crippen LogP contribution is -2.28. The summed E-state index contributed by atoms with van der Waals surface area (Å²) in [6.45, 7) is -0.0294. The molecule has 0 atom stereocenters. The number of halogens is 6. The Labute approximate surface area is 141 Å². The zero-order valence-corrected chi connectivity index (χ0v) is 13.6. The van der Waals surface area contributed by atoms with Gasteiger partial charge in [-0.2, -0.15) is 21.6 Å². The number of aromatic nitrogens is 1. The Balaban J connectivity index is 2.24. The molecule has 0 amide bonds. The van der Waals surface area contributed by atoms with Gasteiger partial charge < -0.3 is 9.50 Å². The molecule has 1 N–H and O–H groups in total. The van der Waals surface area contributed by atoms with E-state index < -0.39 is 38.7 Å². The normalized spacial score (nSPS) is 12.2. The van der Waals surface area contributed by atoms with Gasteiger partial charge in [0.2, 0.25) is 0 Å². The van der Waals surface area contributed by atoms with Crippen molar-refractivity contribution in [2.75, 3.05) is 5.32 Å². The average molecular weight is 409 g/mol. The molecule has 0 unspecified atom stereocenters. The molecule has 2 rings (SSSR count). The Morgan fingerprint density at radius 1 is 1.25 bits per heavy atom. The van der Waals surface area contributed by atoms with Crippen LogP contribution in [0.5, 0.6) is 5.75 Å². The van der Waals surface area contributed by atoms with Gasteiger partial charge in [0.1, 0.15) is 5.82 Å². The SMILES string of the molecule is O=S(=O)(Oc1cc(NCc2cnc(Cl)s2)c(F)cc1F)C(F)(F)F. The molecule has 24 heavy (non-hydrogen) atoms. The maximum absolute atomic E-state index is 13.6. The molecule has 0 bridgehead atoms. The van der Waals surface area contributed by atoms with Crippen LogP contribution in [0.1, 0.15) is 4.88 Å². The van der Waals surface area contributed by atoms with E-state index in [1.165, 1.54) is 6.20 Å². The highest BCUT2D eigenvalue weighted by molar-refractivity contribution is 7.88. The van der Waals surface area contributed by atoms with Crippen LogP contribution in [0.4, 0.5) is 27.6 Å². The first-order valence-electron chi connectivity index (χ1n) is 5.83. The van der Waals surface area contributed by atoms with E-state index in [4.69, 9.17) is 11.6 Å². The minimum atomic E-state index is -6.08. The summed E-state index contributed by atoms with van der Waals surface area (Å²) in [6.07, 6.45) is 1.37. The van der Waals surface area contributed by atoms with E-state index in [1.54, 1.807) is 0 Å². The van der Waals surface area contributed by atoms with Gasteiger partial charge in [-0.05, 0) is 0 Å². The second kappa shape index (κ2) is 6.69. The van der Waals surface area contributed by atoms with Gasteiger partial charge in [-0.15, -0.1) is 11.3 Å². The van der Waals surface area contributed by atoms with Crippen LogP contribution >= 0.6 is 22.9 Å². The molecule has 0 aliphatic heterocycles. The maximum Gasteiger partial charge on any atom is 0.534 e. The van der Waals surface area contributed by atoms with Crippen LogP contribution in [0.25, 0.3) is 0 Å². The highest BCUT2D eigenvalue weighted by Gasteiger charge is 2.49. The predicted molar refractivity (Wildman–Crippen MR) is 76.4 cm³/mol. The summed E-state index contributed by atoms with van der Waals surface area (Å²) in [5, 5.41) is 2.45. The van der Waals surface area contributed by atoms with E-state index in [0.717, 1.165) is 11.3 Å². The standard InChI is InChI=1S/C11H6ClF5N2O3S2/c12-10-19-4-5(23-10)3-18-8-2-9(7(14)1-6(8)13)22-24(20,21)11(15,16)17/h1-2,4,18H,3H2. The Hall–Kier alpha value is -1.66. The topological polar surface area (TPSA) is 68.3 Å². The molecular formula is C11H6ClF5N2O3S2. The van der Waals surface area contributed by atoms with Gasteiger partial charge in [-0.1, -0.05) is 11.6 Å². The third-order valence-corrected chi connectivity index (χ3v) is 4.56. The molecule has 5 nitrogen and oxygen atoms in total. The lowest BCUT2D eigenvalue weighted by atomic mass is 10.2. The second-order valence-electron chi connectivity index (χ2n) is 4.18. The molecule has 0 aliphatic carbocycles. The number of hydrogen-bond acceptors (Lipinski definition) is 6. The third-order valence-electron chi connectivity index (χ3n) is 2.48. The quantitative estimate of drug-likeness (QED) is 0.461. The molecule has 132 valence electrons. The van der Waals surface area contributed by atoms with Crippen LogP contribution in [0.15, 0.2) is 18.3 Å². The molecular weight excluding hydrogens is 403 g/mol. The number of benzene rings is 1. The fourth-order valence-electron chi connectivity index (χ4n) is 1.44. The molecule has 0 fully saturated rings. The Morgan fingerprint density at radius 2 is 1.92 bits per heavy atom. The van der Waals surface area contributed by atoms with Crippen LogP contribution in [0, 0.1) is 11.6 Å². The minimum absolute atomic E-state index is 0.0294. The van der Waals surface area contributed by atoms with E-state index >= 15 is 0 Å². The van der Waals surface area contributed by atoms with E-state index in [0.29, 0.717) is 10.9 Å². The first-order chi connectivity index (χ1) is 11.0. The lowest BCUT2D eigenvalue weighted by Gasteiger charge is -2.12. The highest BCUT2D eigenvalue weighted by Crippen LogP contribution is 2.31. The zero-order valence-electron chi connectivity index (χ0n) is 11.2. The van der Waals surface area contributed by atoms with Crippen molar-refractivity contribution in [2.45, 2.75) is 12.1 Å². The summed E-state index contributed by atoms with van der Waals surface area (Å²) in [5.41, 5.74) is -6.21. The molecule has 0 aliphatic rings. The fourth-order valence-corrected chi connectivity index (χ4v) is 2.82. The number of alkyl halides is 3. The maximum atomic E-state index is 13.6. The molecule has 1 heterocycles. The highest BCUT2D eigenvalue weighted by atomic mass is 35.5. The van der Waals surface area contributed by atoms with Gasteiger partial charge >= 0.3 is 15.6 Å². The number of rotatable bonds is 5.